The molecule has 1 N–H and O–H groups in total. The molecule has 4 aliphatic rings. The van der Waals surface area contributed by atoms with Crippen LogP contribution >= 0.6 is 0 Å². The third-order valence-electron chi connectivity index (χ3n) is 7.18. The molecule has 0 saturated heterocycles. The van der Waals surface area contributed by atoms with E-state index in [1.54, 1.807) is 0 Å². The lowest BCUT2D eigenvalue weighted by Crippen LogP contribution is -2.53. The number of anilines is 1. The molecule has 0 spiro atoms. The molecule has 24 heavy (non-hydrogen) atoms. The van der Waals surface area contributed by atoms with E-state index in [1.165, 1.54) is 56.0 Å². The maximum atomic E-state index is 4.45. The van der Waals surface area contributed by atoms with Gasteiger partial charge < -0.3 is 5.32 Å². The molecular weight excluding hydrogens is 292 g/mol. The summed E-state index contributed by atoms with van der Waals surface area (Å²) >= 11 is 0. The lowest BCUT2D eigenvalue weighted by molar-refractivity contribution is -0.0636. The topological polar surface area (TPSA) is 24.9 Å². The van der Waals surface area contributed by atoms with Gasteiger partial charge in [-0.05, 0) is 92.4 Å². The largest absolute Gasteiger partial charge is 0.382 e. The molecule has 1 aromatic heterocycles. The molecule has 1 unspecified atom stereocenters. The monoisotopic (exact) mass is 320 g/mol. The fraction of sp³-hybridized carbons (Fsp3) is 0.591. The van der Waals surface area contributed by atoms with Crippen LogP contribution in [0.15, 0.2) is 36.5 Å². The summed E-state index contributed by atoms with van der Waals surface area (Å²) in [7, 11) is 0. The number of fused-ring (bicyclic) bond motifs is 1. The first-order valence-electron chi connectivity index (χ1n) is 9.85. The van der Waals surface area contributed by atoms with Gasteiger partial charge in [-0.15, -0.1) is 0 Å². The number of rotatable bonds is 4. The molecule has 2 nitrogen and oxygen atoms in total. The summed E-state index contributed by atoms with van der Waals surface area (Å²) in [6, 6.07) is 11.5. The van der Waals surface area contributed by atoms with Crippen molar-refractivity contribution in [3.05, 3.63) is 36.5 Å². The molecule has 1 heterocycles. The van der Waals surface area contributed by atoms with Gasteiger partial charge in [0.15, 0.2) is 0 Å². The predicted molar refractivity (Wildman–Crippen MR) is 100 cm³/mol. The zero-order chi connectivity index (χ0) is 16.1. The molecule has 6 rings (SSSR count). The van der Waals surface area contributed by atoms with Crippen molar-refractivity contribution in [1.29, 1.82) is 0 Å². The first-order valence-corrected chi connectivity index (χ1v) is 9.85. The van der Waals surface area contributed by atoms with Crippen molar-refractivity contribution in [2.24, 2.45) is 23.2 Å². The highest BCUT2D eigenvalue weighted by Crippen LogP contribution is 2.61. The van der Waals surface area contributed by atoms with Gasteiger partial charge in [-0.3, -0.25) is 4.98 Å². The van der Waals surface area contributed by atoms with E-state index in [4.69, 9.17) is 0 Å². The van der Waals surface area contributed by atoms with Crippen LogP contribution < -0.4 is 5.32 Å². The summed E-state index contributed by atoms with van der Waals surface area (Å²) < 4.78 is 0. The fourth-order valence-electron chi connectivity index (χ4n) is 6.66. The molecule has 0 amide bonds. The van der Waals surface area contributed by atoms with Crippen molar-refractivity contribution < 1.29 is 0 Å². The molecule has 0 aliphatic heterocycles. The van der Waals surface area contributed by atoms with Gasteiger partial charge in [0.05, 0.1) is 5.52 Å². The van der Waals surface area contributed by atoms with Crippen molar-refractivity contribution in [3.63, 3.8) is 0 Å². The lowest BCUT2D eigenvalue weighted by atomic mass is 9.47. The van der Waals surface area contributed by atoms with Gasteiger partial charge in [-0.1, -0.05) is 13.0 Å². The molecule has 4 aliphatic carbocycles. The van der Waals surface area contributed by atoms with E-state index < -0.39 is 0 Å². The number of hydrogen-bond donors (Lipinski definition) is 1. The van der Waals surface area contributed by atoms with Crippen LogP contribution in [0.4, 0.5) is 5.69 Å². The number of benzene rings is 1. The Labute approximate surface area is 145 Å². The molecule has 2 aromatic rings. The van der Waals surface area contributed by atoms with Gasteiger partial charge in [0.25, 0.3) is 0 Å². The van der Waals surface area contributed by atoms with Gasteiger partial charge >= 0.3 is 0 Å². The summed E-state index contributed by atoms with van der Waals surface area (Å²) in [4.78, 5) is 4.45. The van der Waals surface area contributed by atoms with Gasteiger partial charge in [0.1, 0.15) is 0 Å². The average Bonchev–Trinajstić information content (AvgIpc) is 2.58. The molecule has 4 saturated carbocycles. The van der Waals surface area contributed by atoms with E-state index in [0.717, 1.165) is 23.3 Å². The maximum Gasteiger partial charge on any atom is 0.0703 e. The summed E-state index contributed by atoms with van der Waals surface area (Å²) in [6.07, 6.45) is 12.1. The van der Waals surface area contributed by atoms with E-state index in [2.05, 4.69) is 41.5 Å². The highest BCUT2D eigenvalue weighted by molar-refractivity contribution is 5.82. The SMILES string of the molecule is CCC(Nc1ccc2ncccc2c1)C12CC3CC(CC(C3)C1)C2. The molecule has 1 aromatic carbocycles. The second kappa shape index (κ2) is 5.47. The Hall–Kier alpha value is -1.57. The Bertz CT molecular complexity index is 715. The zero-order valence-corrected chi connectivity index (χ0v) is 14.7. The normalized spacial score (nSPS) is 35.3. The minimum atomic E-state index is 0.563. The Kier molecular flexibility index (Phi) is 3.36. The van der Waals surface area contributed by atoms with E-state index in [1.807, 2.05) is 12.3 Å². The summed E-state index contributed by atoms with van der Waals surface area (Å²) in [5.74, 6) is 3.06. The second-order valence-corrected chi connectivity index (χ2v) is 8.80. The number of nitrogens with one attached hydrogen (secondary N) is 1. The van der Waals surface area contributed by atoms with Crippen molar-refractivity contribution in [1.82, 2.24) is 4.98 Å². The average molecular weight is 320 g/mol. The van der Waals surface area contributed by atoms with Crippen molar-refractivity contribution >= 4 is 16.6 Å². The smallest absolute Gasteiger partial charge is 0.0703 e. The van der Waals surface area contributed by atoms with Crippen LogP contribution in [0.5, 0.6) is 0 Å². The summed E-state index contributed by atoms with van der Waals surface area (Å²) in [5.41, 5.74) is 2.93. The number of hydrogen-bond acceptors (Lipinski definition) is 2. The highest BCUT2D eigenvalue weighted by Gasteiger charge is 2.53. The van der Waals surface area contributed by atoms with Crippen molar-refractivity contribution in [3.8, 4) is 0 Å². The zero-order valence-electron chi connectivity index (χ0n) is 14.7. The van der Waals surface area contributed by atoms with E-state index in [9.17, 15) is 0 Å². The first-order chi connectivity index (χ1) is 11.7. The van der Waals surface area contributed by atoms with Gasteiger partial charge in [-0.25, -0.2) is 0 Å². The number of nitrogens with zero attached hydrogens (tertiary/aromatic N) is 1. The molecule has 1 atom stereocenters. The Balaban J connectivity index is 1.43. The third-order valence-corrected chi connectivity index (χ3v) is 7.18. The second-order valence-electron chi connectivity index (χ2n) is 8.80. The third kappa shape index (κ3) is 2.34. The molecule has 126 valence electrons. The van der Waals surface area contributed by atoms with Gasteiger partial charge in [-0.2, -0.15) is 0 Å². The minimum Gasteiger partial charge on any atom is -0.382 e. The first kappa shape index (κ1) is 14.7. The molecule has 4 fully saturated rings. The van der Waals surface area contributed by atoms with Crippen LogP contribution in [0.2, 0.25) is 0 Å². The Morgan fingerprint density at radius 3 is 2.46 bits per heavy atom. The van der Waals surface area contributed by atoms with E-state index in [0.29, 0.717) is 11.5 Å². The lowest BCUT2D eigenvalue weighted by Gasteiger charge is -2.59. The quantitative estimate of drug-likeness (QED) is 0.788. The number of aromatic nitrogens is 1. The number of pyridine rings is 1. The molecular formula is C22H28N2. The van der Waals surface area contributed by atoms with Crippen LogP contribution in [0.25, 0.3) is 10.9 Å². The van der Waals surface area contributed by atoms with Crippen LogP contribution in [0, 0.1) is 23.2 Å². The van der Waals surface area contributed by atoms with E-state index >= 15 is 0 Å². The van der Waals surface area contributed by atoms with Crippen LogP contribution in [0.3, 0.4) is 0 Å². The van der Waals surface area contributed by atoms with Gasteiger partial charge in [0, 0.05) is 23.3 Å². The predicted octanol–water partition coefficient (Wildman–Crippen LogP) is 5.64. The molecule has 2 heteroatoms. The van der Waals surface area contributed by atoms with Crippen molar-refractivity contribution in [2.45, 2.75) is 57.9 Å². The molecule has 4 bridgehead atoms. The van der Waals surface area contributed by atoms with E-state index in [-0.39, 0.29) is 0 Å². The standard InChI is InChI=1S/C22H28N2/c1-2-21(22-12-15-8-16(13-22)10-17(9-15)14-22)24-19-5-6-20-18(11-19)4-3-7-23-20/h3-7,11,15-17,21,24H,2,8-10,12-14H2,1H3. The Morgan fingerprint density at radius 1 is 1.08 bits per heavy atom. The molecule has 0 radical (unpaired) electrons. The summed E-state index contributed by atoms with van der Waals surface area (Å²) in [5, 5.41) is 5.19. The highest BCUT2D eigenvalue weighted by atomic mass is 14.9. The van der Waals surface area contributed by atoms with Crippen LogP contribution in [-0.4, -0.2) is 11.0 Å². The van der Waals surface area contributed by atoms with Crippen LogP contribution in [-0.2, 0) is 0 Å². The van der Waals surface area contributed by atoms with Gasteiger partial charge in [0.2, 0.25) is 0 Å². The Morgan fingerprint density at radius 2 is 1.79 bits per heavy atom. The summed E-state index contributed by atoms with van der Waals surface area (Å²) in [6.45, 7) is 2.37. The fourth-order valence-corrected chi connectivity index (χ4v) is 6.66. The minimum absolute atomic E-state index is 0.563. The van der Waals surface area contributed by atoms with Crippen LogP contribution in [0.1, 0.15) is 51.9 Å². The van der Waals surface area contributed by atoms with Crippen molar-refractivity contribution in [2.75, 3.05) is 5.32 Å². The maximum absolute atomic E-state index is 4.45.